The number of aryl methyl sites for hydroxylation is 1. The fourth-order valence-corrected chi connectivity index (χ4v) is 2.14. The number of hydrogen-bond donors (Lipinski definition) is 0. The fraction of sp³-hybridized carbons (Fsp3) is 0.273. The summed E-state index contributed by atoms with van der Waals surface area (Å²) >= 11 is 1.66. The number of methoxy groups -OCH3 is 1. The smallest absolute Gasteiger partial charge is 0.191 e. The van der Waals surface area contributed by atoms with Crippen molar-refractivity contribution in [1.82, 2.24) is 14.8 Å². The van der Waals surface area contributed by atoms with Crippen molar-refractivity contribution in [2.45, 2.75) is 10.9 Å². The van der Waals surface area contributed by atoms with Gasteiger partial charge in [0.15, 0.2) is 5.16 Å². The Morgan fingerprint density at radius 3 is 3.00 bits per heavy atom. The quantitative estimate of drug-likeness (QED) is 0.761. The first-order chi connectivity index (χ1) is 7.79. The first kappa shape index (κ1) is 11.0. The van der Waals surface area contributed by atoms with Crippen LogP contribution in [0.5, 0.6) is 5.75 Å². The molecule has 0 saturated heterocycles. The van der Waals surface area contributed by atoms with E-state index in [0.29, 0.717) is 0 Å². The Balaban J connectivity index is 2.02. The Morgan fingerprint density at radius 2 is 2.31 bits per heavy atom. The largest absolute Gasteiger partial charge is 0.497 e. The average molecular weight is 235 g/mol. The Labute approximate surface area is 98.6 Å². The lowest BCUT2D eigenvalue weighted by Crippen LogP contribution is -1.90. The molecule has 4 nitrogen and oxygen atoms in total. The molecule has 0 amide bonds. The molecule has 1 heterocycles. The lowest BCUT2D eigenvalue weighted by Gasteiger charge is -2.03. The minimum Gasteiger partial charge on any atom is -0.497 e. The van der Waals surface area contributed by atoms with Gasteiger partial charge in [-0.1, -0.05) is 23.9 Å². The zero-order valence-electron chi connectivity index (χ0n) is 9.25. The third kappa shape index (κ3) is 2.55. The number of thioether (sulfide) groups is 1. The molecule has 5 heteroatoms. The van der Waals surface area contributed by atoms with Crippen LogP contribution < -0.4 is 4.74 Å². The zero-order valence-corrected chi connectivity index (χ0v) is 10.1. The van der Waals surface area contributed by atoms with Crippen LogP contribution in [0.25, 0.3) is 0 Å². The van der Waals surface area contributed by atoms with Crippen molar-refractivity contribution in [1.29, 1.82) is 0 Å². The van der Waals surface area contributed by atoms with E-state index in [2.05, 4.69) is 16.3 Å². The molecule has 1 aromatic heterocycles. The van der Waals surface area contributed by atoms with Gasteiger partial charge < -0.3 is 9.30 Å². The summed E-state index contributed by atoms with van der Waals surface area (Å²) < 4.78 is 7.08. The summed E-state index contributed by atoms with van der Waals surface area (Å²) in [6, 6.07) is 8.04. The average Bonchev–Trinajstić information content (AvgIpc) is 2.72. The van der Waals surface area contributed by atoms with Crippen LogP contribution in [0.3, 0.4) is 0 Å². The molecule has 0 fully saturated rings. The molecule has 0 saturated carbocycles. The van der Waals surface area contributed by atoms with Crippen LogP contribution in [0.4, 0.5) is 0 Å². The van der Waals surface area contributed by atoms with Gasteiger partial charge in [0.05, 0.1) is 7.11 Å². The van der Waals surface area contributed by atoms with Crippen molar-refractivity contribution in [2.24, 2.45) is 7.05 Å². The van der Waals surface area contributed by atoms with Gasteiger partial charge >= 0.3 is 0 Å². The molecule has 84 valence electrons. The maximum Gasteiger partial charge on any atom is 0.191 e. The first-order valence-electron chi connectivity index (χ1n) is 4.89. The molecule has 0 aliphatic carbocycles. The second kappa shape index (κ2) is 5.03. The van der Waals surface area contributed by atoms with Crippen LogP contribution >= 0.6 is 11.8 Å². The third-order valence-corrected chi connectivity index (χ3v) is 3.28. The summed E-state index contributed by atoms with van der Waals surface area (Å²) in [5.41, 5.74) is 1.22. The van der Waals surface area contributed by atoms with E-state index < -0.39 is 0 Å². The lowest BCUT2D eigenvalue weighted by atomic mass is 10.2. The fourth-order valence-electron chi connectivity index (χ4n) is 1.31. The molecular weight excluding hydrogens is 222 g/mol. The molecule has 0 radical (unpaired) electrons. The maximum atomic E-state index is 5.17. The van der Waals surface area contributed by atoms with Crippen molar-refractivity contribution < 1.29 is 4.74 Å². The van der Waals surface area contributed by atoms with E-state index in [0.717, 1.165) is 16.7 Å². The highest BCUT2D eigenvalue weighted by Gasteiger charge is 2.02. The topological polar surface area (TPSA) is 39.9 Å². The van der Waals surface area contributed by atoms with Crippen LogP contribution in [0.15, 0.2) is 35.7 Å². The van der Waals surface area contributed by atoms with Gasteiger partial charge in [-0.2, -0.15) is 0 Å². The van der Waals surface area contributed by atoms with E-state index in [-0.39, 0.29) is 0 Å². The molecule has 16 heavy (non-hydrogen) atoms. The van der Waals surface area contributed by atoms with Gasteiger partial charge in [-0.25, -0.2) is 0 Å². The Kier molecular flexibility index (Phi) is 3.46. The van der Waals surface area contributed by atoms with E-state index in [1.807, 2.05) is 29.8 Å². The highest BCUT2D eigenvalue weighted by molar-refractivity contribution is 7.98. The number of ether oxygens (including phenoxy) is 1. The van der Waals surface area contributed by atoms with Gasteiger partial charge in [-0.15, -0.1) is 10.2 Å². The number of hydrogen-bond acceptors (Lipinski definition) is 4. The molecule has 1 aromatic carbocycles. The molecule has 0 atom stereocenters. The van der Waals surface area contributed by atoms with E-state index in [1.54, 1.807) is 25.2 Å². The SMILES string of the molecule is COc1cccc(CSc2nncn2C)c1. The van der Waals surface area contributed by atoms with Crippen molar-refractivity contribution in [3.63, 3.8) is 0 Å². The van der Waals surface area contributed by atoms with Crippen LogP contribution in [-0.4, -0.2) is 21.9 Å². The highest BCUT2D eigenvalue weighted by Crippen LogP contribution is 2.22. The first-order valence-corrected chi connectivity index (χ1v) is 5.88. The molecule has 0 aliphatic rings. The number of nitrogens with zero attached hydrogens (tertiary/aromatic N) is 3. The van der Waals surface area contributed by atoms with Crippen molar-refractivity contribution >= 4 is 11.8 Å². The third-order valence-electron chi connectivity index (χ3n) is 2.17. The number of benzene rings is 1. The van der Waals surface area contributed by atoms with Crippen molar-refractivity contribution in [3.05, 3.63) is 36.2 Å². The summed E-state index contributed by atoms with van der Waals surface area (Å²) in [6.45, 7) is 0. The molecular formula is C11H13N3OS. The predicted molar refractivity (Wildman–Crippen MR) is 63.6 cm³/mol. The Morgan fingerprint density at radius 1 is 1.44 bits per heavy atom. The maximum absolute atomic E-state index is 5.17. The van der Waals surface area contributed by atoms with Crippen LogP contribution in [0.1, 0.15) is 5.56 Å². The lowest BCUT2D eigenvalue weighted by molar-refractivity contribution is 0.414. The summed E-state index contributed by atoms with van der Waals surface area (Å²) in [5.74, 6) is 1.75. The van der Waals surface area contributed by atoms with Crippen LogP contribution in [-0.2, 0) is 12.8 Å². The standard InChI is InChI=1S/C11H13N3OS/c1-14-8-12-13-11(14)16-7-9-4-3-5-10(6-9)15-2/h3-6,8H,7H2,1-2H3. The van der Waals surface area contributed by atoms with E-state index in [9.17, 15) is 0 Å². The molecule has 0 N–H and O–H groups in total. The Bertz CT molecular complexity index is 470. The van der Waals surface area contributed by atoms with Crippen LogP contribution in [0.2, 0.25) is 0 Å². The summed E-state index contributed by atoms with van der Waals surface area (Å²) in [6.07, 6.45) is 1.70. The van der Waals surface area contributed by atoms with Crippen LogP contribution in [0, 0.1) is 0 Å². The molecule has 2 rings (SSSR count). The summed E-state index contributed by atoms with van der Waals surface area (Å²) in [4.78, 5) is 0. The van der Waals surface area contributed by atoms with Gasteiger partial charge in [0.25, 0.3) is 0 Å². The monoisotopic (exact) mass is 235 g/mol. The molecule has 0 aliphatic heterocycles. The second-order valence-corrected chi connectivity index (χ2v) is 4.31. The van der Waals surface area contributed by atoms with E-state index in [1.165, 1.54) is 5.56 Å². The van der Waals surface area contributed by atoms with Gasteiger partial charge in [0.1, 0.15) is 12.1 Å². The molecule has 0 unspecified atom stereocenters. The summed E-state index contributed by atoms with van der Waals surface area (Å²) in [7, 11) is 3.61. The molecule has 0 spiro atoms. The normalized spacial score (nSPS) is 10.4. The van der Waals surface area contributed by atoms with Crippen molar-refractivity contribution in [2.75, 3.05) is 7.11 Å². The van der Waals surface area contributed by atoms with Gasteiger partial charge in [-0.05, 0) is 17.7 Å². The van der Waals surface area contributed by atoms with E-state index >= 15 is 0 Å². The second-order valence-electron chi connectivity index (χ2n) is 3.36. The van der Waals surface area contributed by atoms with E-state index in [4.69, 9.17) is 4.74 Å². The predicted octanol–water partition coefficient (Wildman–Crippen LogP) is 2.12. The van der Waals surface area contributed by atoms with Crippen molar-refractivity contribution in [3.8, 4) is 5.75 Å². The zero-order chi connectivity index (χ0) is 11.4. The number of aromatic nitrogens is 3. The minimum atomic E-state index is 0.865. The molecule has 0 bridgehead atoms. The summed E-state index contributed by atoms with van der Waals surface area (Å²) in [5, 5.41) is 8.77. The Hall–Kier alpha value is -1.49. The number of rotatable bonds is 4. The van der Waals surface area contributed by atoms with Gasteiger partial charge in [0.2, 0.25) is 0 Å². The van der Waals surface area contributed by atoms with Gasteiger partial charge in [0, 0.05) is 12.8 Å². The minimum absolute atomic E-state index is 0.865. The highest BCUT2D eigenvalue weighted by atomic mass is 32.2. The molecule has 2 aromatic rings. The van der Waals surface area contributed by atoms with Gasteiger partial charge in [-0.3, -0.25) is 0 Å².